The van der Waals surface area contributed by atoms with Gasteiger partial charge in [0.15, 0.2) is 5.78 Å². The number of hydrogen-bond acceptors (Lipinski definition) is 7. The molecular weight excluding hydrogens is 616 g/mol. The summed E-state index contributed by atoms with van der Waals surface area (Å²) in [6, 6.07) is 0. The summed E-state index contributed by atoms with van der Waals surface area (Å²) in [5.74, 6) is -0.0811. The van der Waals surface area contributed by atoms with Crippen molar-refractivity contribution in [2.45, 2.75) is 139 Å². The number of aromatic nitrogens is 2. The number of carboxylic acid groups (broad SMARTS) is 1. The molecule has 1 aromatic heterocycles. The summed E-state index contributed by atoms with van der Waals surface area (Å²) in [6.07, 6.45) is 12.5. The largest absolute Gasteiger partial charge is 0.481 e. The average molecular weight is 675 g/mol. The Kier molecular flexibility index (Phi) is 8.67. The third-order valence-electron chi connectivity index (χ3n) is 15.3. The van der Waals surface area contributed by atoms with Crippen LogP contribution in [-0.2, 0) is 30.3 Å². The number of rotatable bonds is 8. The van der Waals surface area contributed by atoms with Gasteiger partial charge in [-0.25, -0.2) is 0 Å². The Morgan fingerprint density at radius 3 is 2.29 bits per heavy atom. The molecular formula is C41H58N2O6. The highest BCUT2D eigenvalue weighted by molar-refractivity contribution is 6.07. The Hall–Kier alpha value is -2.90. The maximum absolute atomic E-state index is 14.4. The molecule has 6 rings (SSSR count). The molecule has 5 aliphatic rings. The van der Waals surface area contributed by atoms with Crippen LogP contribution < -0.4 is 0 Å². The van der Waals surface area contributed by atoms with E-state index in [1.165, 1.54) is 5.57 Å². The zero-order chi connectivity index (χ0) is 35.9. The van der Waals surface area contributed by atoms with Crippen molar-refractivity contribution in [3.8, 4) is 0 Å². The Morgan fingerprint density at radius 2 is 1.65 bits per heavy atom. The van der Waals surface area contributed by atoms with Gasteiger partial charge in [0, 0.05) is 30.4 Å². The van der Waals surface area contributed by atoms with E-state index >= 15 is 0 Å². The third-order valence-corrected chi connectivity index (χ3v) is 15.3. The molecule has 0 aliphatic heterocycles. The van der Waals surface area contributed by atoms with E-state index in [4.69, 9.17) is 4.74 Å². The molecule has 0 unspecified atom stereocenters. The number of allylic oxidation sites excluding steroid dienone is 2. The molecule has 1 aromatic rings. The highest BCUT2D eigenvalue weighted by Gasteiger charge is 2.71. The average Bonchev–Trinajstić information content (AvgIpc) is 3.32. The second-order valence-electron chi connectivity index (χ2n) is 18.8. The van der Waals surface area contributed by atoms with Crippen molar-refractivity contribution in [2.24, 2.45) is 56.2 Å². The Balaban J connectivity index is 1.31. The van der Waals surface area contributed by atoms with Crippen LogP contribution >= 0.6 is 0 Å². The first kappa shape index (κ1) is 35.9. The van der Waals surface area contributed by atoms with E-state index in [9.17, 15) is 24.3 Å². The summed E-state index contributed by atoms with van der Waals surface area (Å²) in [5.41, 5.74) is 0.585. The van der Waals surface area contributed by atoms with Crippen molar-refractivity contribution in [1.82, 2.24) is 9.97 Å². The van der Waals surface area contributed by atoms with Crippen LogP contribution in [0, 0.1) is 56.2 Å². The van der Waals surface area contributed by atoms with Gasteiger partial charge in [-0.05, 0) is 116 Å². The van der Waals surface area contributed by atoms with Crippen molar-refractivity contribution in [1.29, 1.82) is 0 Å². The topological polar surface area (TPSA) is 124 Å². The smallest absolute Gasteiger partial charge is 0.309 e. The quantitative estimate of drug-likeness (QED) is 0.275. The Morgan fingerprint density at radius 1 is 0.939 bits per heavy atom. The zero-order valence-corrected chi connectivity index (χ0v) is 31.3. The maximum Gasteiger partial charge on any atom is 0.309 e. The van der Waals surface area contributed by atoms with E-state index < -0.39 is 22.8 Å². The van der Waals surface area contributed by atoms with Gasteiger partial charge in [-0.3, -0.25) is 29.1 Å². The lowest BCUT2D eigenvalue weighted by Gasteiger charge is -2.72. The van der Waals surface area contributed by atoms with E-state index in [1.807, 2.05) is 0 Å². The molecule has 49 heavy (non-hydrogen) atoms. The van der Waals surface area contributed by atoms with Crippen LogP contribution in [0.1, 0.15) is 132 Å². The van der Waals surface area contributed by atoms with Gasteiger partial charge < -0.3 is 9.84 Å². The van der Waals surface area contributed by atoms with Crippen molar-refractivity contribution in [2.75, 3.05) is 0 Å². The zero-order valence-electron chi connectivity index (χ0n) is 31.3. The van der Waals surface area contributed by atoms with Crippen molar-refractivity contribution < 1.29 is 29.0 Å². The van der Waals surface area contributed by atoms with Gasteiger partial charge in [0.1, 0.15) is 11.9 Å². The fourth-order valence-electron chi connectivity index (χ4n) is 12.5. The number of ketones is 2. The molecule has 0 aromatic carbocycles. The molecule has 0 bridgehead atoms. The standard InChI is InChI=1S/C41H58N2O6/c1-24(2)33-27(44)21-41(30(45)20-25-23-42-18-19-43-25)17-16-39(8)26(34(33)41)10-11-29-38(7)14-13-31(49-32(46)22-36(3,4)35(47)48)37(5,6)28(38)12-15-40(29,39)9/h18-19,23-24,26,28-29,31H,10-17,20-22H2,1-9H3,(H,47,48)/t26-,28+,29-,31+,38+,39-,40-,41+/m1/s1. The summed E-state index contributed by atoms with van der Waals surface area (Å²) in [4.78, 5) is 61.7. The van der Waals surface area contributed by atoms with Crippen LogP contribution in [-0.4, -0.2) is 44.7 Å². The van der Waals surface area contributed by atoms with Gasteiger partial charge >= 0.3 is 11.9 Å². The molecule has 0 spiro atoms. The third kappa shape index (κ3) is 5.27. The van der Waals surface area contributed by atoms with Crippen LogP contribution in [0.25, 0.3) is 0 Å². The molecule has 1 N–H and O–H groups in total. The number of carboxylic acids is 1. The van der Waals surface area contributed by atoms with Gasteiger partial charge in [0.2, 0.25) is 0 Å². The van der Waals surface area contributed by atoms with Gasteiger partial charge in [0.25, 0.3) is 0 Å². The van der Waals surface area contributed by atoms with Crippen LogP contribution in [0.2, 0.25) is 0 Å². The fraction of sp³-hybridized carbons (Fsp3) is 0.756. The number of Topliss-reactive ketones (excluding diaryl/α,β-unsaturated/α-hetero) is 2. The number of esters is 1. The van der Waals surface area contributed by atoms with E-state index in [0.717, 1.165) is 50.5 Å². The van der Waals surface area contributed by atoms with E-state index in [0.29, 0.717) is 30.4 Å². The highest BCUT2D eigenvalue weighted by atomic mass is 16.5. The van der Waals surface area contributed by atoms with Gasteiger partial charge in [-0.15, -0.1) is 0 Å². The van der Waals surface area contributed by atoms with Gasteiger partial charge in [-0.1, -0.05) is 48.5 Å². The number of nitrogens with zero attached hydrogens (tertiary/aromatic N) is 2. The van der Waals surface area contributed by atoms with Crippen molar-refractivity contribution >= 4 is 23.5 Å². The van der Waals surface area contributed by atoms with Crippen LogP contribution in [0.3, 0.4) is 0 Å². The first-order valence-electron chi connectivity index (χ1n) is 18.7. The minimum absolute atomic E-state index is 0.0209. The Bertz CT molecular complexity index is 1580. The number of hydrogen-bond donors (Lipinski definition) is 1. The van der Waals surface area contributed by atoms with Gasteiger partial charge in [-0.2, -0.15) is 0 Å². The molecule has 5 aliphatic carbocycles. The van der Waals surface area contributed by atoms with E-state index in [2.05, 4.69) is 58.4 Å². The lowest BCUT2D eigenvalue weighted by atomic mass is 9.33. The van der Waals surface area contributed by atoms with Crippen molar-refractivity contribution in [3.63, 3.8) is 0 Å². The van der Waals surface area contributed by atoms with Crippen molar-refractivity contribution in [3.05, 3.63) is 35.4 Å². The maximum atomic E-state index is 14.4. The summed E-state index contributed by atoms with van der Waals surface area (Å²) in [6.45, 7) is 19.4. The molecule has 8 heteroatoms. The number of ether oxygens (including phenoxy) is 1. The minimum Gasteiger partial charge on any atom is -0.481 e. The van der Waals surface area contributed by atoms with E-state index in [1.54, 1.807) is 32.4 Å². The summed E-state index contributed by atoms with van der Waals surface area (Å²) in [7, 11) is 0. The normalized spacial score (nSPS) is 38.3. The molecule has 268 valence electrons. The first-order valence-corrected chi connectivity index (χ1v) is 18.7. The van der Waals surface area contributed by atoms with Crippen LogP contribution in [0.15, 0.2) is 29.7 Å². The molecule has 0 amide bonds. The summed E-state index contributed by atoms with van der Waals surface area (Å²) in [5, 5.41) is 9.58. The summed E-state index contributed by atoms with van der Waals surface area (Å²) >= 11 is 0. The number of aliphatic carboxylic acids is 1. The molecule has 0 radical (unpaired) electrons. The first-order chi connectivity index (χ1) is 22.7. The molecule has 4 fully saturated rings. The predicted octanol–water partition coefficient (Wildman–Crippen LogP) is 7.98. The highest BCUT2D eigenvalue weighted by Crippen LogP contribution is 2.76. The molecule has 8 atom stereocenters. The number of carbonyl (C=O) groups excluding carboxylic acids is 3. The van der Waals surface area contributed by atoms with E-state index in [-0.39, 0.29) is 64.0 Å². The van der Waals surface area contributed by atoms with Crippen LogP contribution in [0.4, 0.5) is 0 Å². The molecule has 4 saturated carbocycles. The summed E-state index contributed by atoms with van der Waals surface area (Å²) < 4.78 is 6.14. The van der Waals surface area contributed by atoms with Crippen LogP contribution in [0.5, 0.6) is 0 Å². The second-order valence-corrected chi connectivity index (χ2v) is 18.8. The fourth-order valence-corrected chi connectivity index (χ4v) is 12.5. The second kappa shape index (κ2) is 11.8. The van der Waals surface area contributed by atoms with Gasteiger partial charge in [0.05, 0.1) is 29.4 Å². The predicted molar refractivity (Wildman–Crippen MR) is 186 cm³/mol. The number of fused-ring (bicyclic) bond motifs is 7. The number of carbonyl (C=O) groups is 4. The molecule has 8 nitrogen and oxygen atoms in total. The monoisotopic (exact) mass is 674 g/mol. The lowest BCUT2D eigenvalue weighted by molar-refractivity contribution is -0.233. The minimum atomic E-state index is -1.17. The SMILES string of the molecule is CC(C)C1=C2[C@H]3CC[C@@H]4[C@@]5(C)CC[C@H](OC(=O)CC(C)(C)C(=O)O)C(C)(C)[C@@H]5CC[C@@]4(C)[C@]3(C)CC[C@@]2(C(=O)Cc2cnccn2)CC1=O. The lowest BCUT2D eigenvalue weighted by Crippen LogP contribution is -2.66. The Labute approximate surface area is 292 Å². The molecule has 0 saturated heterocycles. The molecule has 1 heterocycles.